The van der Waals surface area contributed by atoms with E-state index in [1.165, 1.54) is 5.56 Å². The molecule has 0 atom stereocenters. The second kappa shape index (κ2) is 7.59. The molecule has 1 aromatic carbocycles. The number of nitrogens with one attached hydrogen (secondary N) is 3. The molecular weight excluding hydrogens is 280 g/mol. The highest BCUT2D eigenvalue weighted by Crippen LogP contribution is 2.19. The highest BCUT2D eigenvalue weighted by atomic mass is 32.1. The Morgan fingerprint density at radius 2 is 2.00 bits per heavy atom. The number of rotatable bonds is 5. The van der Waals surface area contributed by atoms with Gasteiger partial charge in [-0.2, -0.15) is 0 Å². The summed E-state index contributed by atoms with van der Waals surface area (Å²) in [7, 11) is 0. The van der Waals surface area contributed by atoms with E-state index >= 15 is 0 Å². The van der Waals surface area contributed by atoms with Crippen LogP contribution in [0.1, 0.15) is 18.9 Å². The van der Waals surface area contributed by atoms with E-state index in [1.807, 2.05) is 30.3 Å². The molecule has 1 aromatic heterocycles. The molecular formula is C16H20N4S. The van der Waals surface area contributed by atoms with Crippen LogP contribution >= 0.6 is 12.2 Å². The summed E-state index contributed by atoms with van der Waals surface area (Å²) >= 11 is 5.19. The van der Waals surface area contributed by atoms with Crippen molar-refractivity contribution in [1.82, 2.24) is 10.3 Å². The molecule has 0 unspecified atom stereocenters. The van der Waals surface area contributed by atoms with Crippen LogP contribution in [-0.4, -0.2) is 16.6 Å². The predicted molar refractivity (Wildman–Crippen MR) is 93.2 cm³/mol. The fourth-order valence-electron chi connectivity index (χ4n) is 1.81. The number of anilines is 3. The monoisotopic (exact) mass is 300 g/mol. The summed E-state index contributed by atoms with van der Waals surface area (Å²) < 4.78 is 0. The van der Waals surface area contributed by atoms with Crippen molar-refractivity contribution in [2.75, 3.05) is 17.2 Å². The van der Waals surface area contributed by atoms with Crippen molar-refractivity contribution in [1.29, 1.82) is 0 Å². The number of nitrogens with zero attached hydrogens (tertiary/aromatic N) is 1. The summed E-state index contributed by atoms with van der Waals surface area (Å²) in [5.41, 5.74) is 3.12. The van der Waals surface area contributed by atoms with Crippen LogP contribution in [0.5, 0.6) is 0 Å². The Morgan fingerprint density at radius 3 is 2.67 bits per heavy atom. The van der Waals surface area contributed by atoms with Gasteiger partial charge in [0.15, 0.2) is 5.11 Å². The van der Waals surface area contributed by atoms with Crippen molar-refractivity contribution < 1.29 is 0 Å². The molecule has 5 heteroatoms. The lowest BCUT2D eigenvalue weighted by Crippen LogP contribution is -2.28. The van der Waals surface area contributed by atoms with E-state index in [1.54, 1.807) is 6.20 Å². The van der Waals surface area contributed by atoms with Crippen LogP contribution in [0, 0.1) is 6.92 Å². The number of thiocarbonyl (C=S) groups is 1. The van der Waals surface area contributed by atoms with Crippen molar-refractivity contribution in [3.8, 4) is 0 Å². The predicted octanol–water partition coefficient (Wildman–Crippen LogP) is 3.83. The molecule has 0 aliphatic carbocycles. The normalized spacial score (nSPS) is 10.0. The minimum Gasteiger partial charge on any atom is -0.362 e. The van der Waals surface area contributed by atoms with Gasteiger partial charge in [-0.05, 0) is 49.3 Å². The zero-order valence-corrected chi connectivity index (χ0v) is 13.1. The maximum absolute atomic E-state index is 5.19. The van der Waals surface area contributed by atoms with Gasteiger partial charge in [-0.25, -0.2) is 4.98 Å². The van der Waals surface area contributed by atoms with Crippen molar-refractivity contribution >= 4 is 34.5 Å². The van der Waals surface area contributed by atoms with Crippen molar-refractivity contribution in [2.24, 2.45) is 0 Å². The van der Waals surface area contributed by atoms with Crippen LogP contribution in [0.2, 0.25) is 0 Å². The van der Waals surface area contributed by atoms with Gasteiger partial charge in [0.1, 0.15) is 5.82 Å². The fourth-order valence-corrected chi connectivity index (χ4v) is 2.03. The maximum Gasteiger partial charge on any atom is 0.170 e. The number of aryl methyl sites for hydroxylation is 1. The second-order valence-corrected chi connectivity index (χ2v) is 5.16. The first kappa shape index (κ1) is 15.3. The van der Waals surface area contributed by atoms with Gasteiger partial charge in [-0.3, -0.25) is 0 Å². The van der Waals surface area contributed by atoms with Crippen LogP contribution < -0.4 is 16.0 Å². The highest BCUT2D eigenvalue weighted by molar-refractivity contribution is 7.80. The lowest BCUT2D eigenvalue weighted by molar-refractivity contribution is 0.846. The average molecular weight is 300 g/mol. The van der Waals surface area contributed by atoms with E-state index in [0.29, 0.717) is 5.11 Å². The third kappa shape index (κ3) is 4.72. The summed E-state index contributed by atoms with van der Waals surface area (Å²) in [6, 6.07) is 12.0. The Labute approximate surface area is 131 Å². The summed E-state index contributed by atoms with van der Waals surface area (Å²) in [5, 5.41) is 10.2. The van der Waals surface area contributed by atoms with Gasteiger partial charge in [0.05, 0.1) is 11.9 Å². The maximum atomic E-state index is 5.19. The SMILES string of the molecule is CCCNC(=S)Nc1ccc(Nc2ccccc2C)nc1. The van der Waals surface area contributed by atoms with Gasteiger partial charge in [-0.1, -0.05) is 25.1 Å². The molecule has 110 valence electrons. The Hall–Kier alpha value is -2.14. The standard InChI is InChI=1S/C16H20N4S/c1-3-10-17-16(21)19-13-8-9-15(18-11-13)20-14-7-5-4-6-12(14)2/h4-9,11H,3,10H2,1-2H3,(H,18,20)(H2,17,19,21). The zero-order chi connectivity index (χ0) is 15.1. The van der Waals surface area contributed by atoms with Gasteiger partial charge < -0.3 is 16.0 Å². The van der Waals surface area contributed by atoms with Gasteiger partial charge >= 0.3 is 0 Å². The molecule has 0 fully saturated rings. The Morgan fingerprint density at radius 1 is 1.19 bits per heavy atom. The molecule has 2 rings (SSSR count). The third-order valence-electron chi connectivity index (χ3n) is 2.96. The molecule has 2 aromatic rings. The summed E-state index contributed by atoms with van der Waals surface area (Å²) in [6.07, 6.45) is 2.81. The minimum absolute atomic E-state index is 0.623. The average Bonchev–Trinajstić information content (AvgIpc) is 2.49. The van der Waals surface area contributed by atoms with E-state index in [9.17, 15) is 0 Å². The lowest BCUT2D eigenvalue weighted by Gasteiger charge is -2.11. The molecule has 0 amide bonds. The van der Waals surface area contributed by atoms with Crippen LogP contribution in [0.15, 0.2) is 42.6 Å². The number of aromatic nitrogens is 1. The molecule has 21 heavy (non-hydrogen) atoms. The first-order valence-electron chi connectivity index (χ1n) is 7.02. The minimum atomic E-state index is 0.623. The summed E-state index contributed by atoms with van der Waals surface area (Å²) in [5.74, 6) is 0.808. The molecule has 0 radical (unpaired) electrons. The fraction of sp³-hybridized carbons (Fsp3) is 0.250. The van der Waals surface area contributed by atoms with E-state index in [-0.39, 0.29) is 0 Å². The number of hydrogen-bond donors (Lipinski definition) is 3. The molecule has 3 N–H and O–H groups in total. The first-order chi connectivity index (χ1) is 10.2. The van der Waals surface area contributed by atoms with Gasteiger partial charge in [-0.15, -0.1) is 0 Å². The van der Waals surface area contributed by atoms with Crippen LogP contribution in [-0.2, 0) is 0 Å². The van der Waals surface area contributed by atoms with Crippen molar-refractivity contribution in [3.63, 3.8) is 0 Å². The largest absolute Gasteiger partial charge is 0.362 e. The molecule has 0 spiro atoms. The lowest BCUT2D eigenvalue weighted by atomic mass is 10.2. The number of benzene rings is 1. The van der Waals surface area contributed by atoms with E-state index in [2.05, 4.69) is 40.8 Å². The summed E-state index contributed by atoms with van der Waals surface area (Å²) in [4.78, 5) is 4.39. The van der Waals surface area contributed by atoms with Gasteiger partial charge in [0.25, 0.3) is 0 Å². The summed E-state index contributed by atoms with van der Waals surface area (Å²) in [6.45, 7) is 5.03. The van der Waals surface area contributed by atoms with Crippen molar-refractivity contribution in [3.05, 3.63) is 48.2 Å². The second-order valence-electron chi connectivity index (χ2n) is 4.75. The zero-order valence-electron chi connectivity index (χ0n) is 12.3. The van der Waals surface area contributed by atoms with Crippen molar-refractivity contribution in [2.45, 2.75) is 20.3 Å². The molecule has 4 nitrogen and oxygen atoms in total. The Kier molecular flexibility index (Phi) is 5.51. The molecule has 0 aliphatic rings. The molecule has 0 saturated carbocycles. The smallest absolute Gasteiger partial charge is 0.170 e. The molecule has 0 saturated heterocycles. The van der Waals surface area contributed by atoms with Crippen LogP contribution in [0.25, 0.3) is 0 Å². The Balaban J connectivity index is 1.96. The van der Waals surface area contributed by atoms with Gasteiger partial charge in [0.2, 0.25) is 0 Å². The van der Waals surface area contributed by atoms with E-state index in [0.717, 1.165) is 30.2 Å². The Bertz CT molecular complexity index is 595. The van der Waals surface area contributed by atoms with Gasteiger partial charge in [0, 0.05) is 12.2 Å². The van der Waals surface area contributed by atoms with Crippen LogP contribution in [0.4, 0.5) is 17.2 Å². The topological polar surface area (TPSA) is 49.0 Å². The first-order valence-corrected chi connectivity index (χ1v) is 7.43. The molecule has 0 bridgehead atoms. The van der Waals surface area contributed by atoms with E-state index < -0.39 is 0 Å². The number of hydrogen-bond acceptors (Lipinski definition) is 3. The third-order valence-corrected chi connectivity index (χ3v) is 3.21. The molecule has 1 heterocycles. The van der Waals surface area contributed by atoms with Crippen LogP contribution in [0.3, 0.4) is 0 Å². The quantitative estimate of drug-likeness (QED) is 0.733. The number of para-hydroxylation sites is 1. The highest BCUT2D eigenvalue weighted by Gasteiger charge is 2.01. The van der Waals surface area contributed by atoms with E-state index in [4.69, 9.17) is 12.2 Å². The number of pyridine rings is 1. The molecule has 0 aliphatic heterocycles.